The van der Waals surface area contributed by atoms with Crippen LogP contribution in [-0.2, 0) is 26.9 Å². The highest BCUT2D eigenvalue weighted by molar-refractivity contribution is 7.93. The highest BCUT2D eigenvalue weighted by atomic mass is 32.2. The summed E-state index contributed by atoms with van der Waals surface area (Å²) < 4.78 is 77.3. The number of benzene rings is 3. The van der Waals surface area contributed by atoms with E-state index in [1.165, 1.54) is 24.4 Å². The molecule has 3 heterocycles. The normalized spacial score (nSPS) is 18.1. The van der Waals surface area contributed by atoms with E-state index in [0.29, 0.717) is 4.31 Å². The molecule has 1 unspecified atom stereocenters. The number of nitriles is 1. The summed E-state index contributed by atoms with van der Waals surface area (Å²) in [5.41, 5.74) is 0.393. The van der Waals surface area contributed by atoms with E-state index < -0.39 is 38.5 Å². The highest BCUT2D eigenvalue weighted by Crippen LogP contribution is 2.49. The van der Waals surface area contributed by atoms with Gasteiger partial charge in [-0.05, 0) is 86.3 Å². The van der Waals surface area contributed by atoms with E-state index in [-0.39, 0.29) is 41.4 Å². The number of alkyl halides is 3. The Morgan fingerprint density at radius 3 is 2.32 bits per heavy atom. The lowest BCUT2D eigenvalue weighted by Gasteiger charge is -2.34. The number of likely N-dealkylation sites (N-methyl/N-ethyl adjacent to an activating group) is 1. The highest BCUT2D eigenvalue weighted by Gasteiger charge is 2.57. The van der Waals surface area contributed by atoms with E-state index in [1.54, 1.807) is 19.1 Å². The summed E-state index contributed by atoms with van der Waals surface area (Å²) in [5, 5.41) is 13.2. The van der Waals surface area contributed by atoms with E-state index in [9.17, 15) is 31.6 Å². The predicted molar refractivity (Wildman–Crippen MR) is 178 cm³/mol. The number of nitrogens with zero attached hydrogens (tertiary/aromatic N) is 5. The fraction of sp³-hybridized carbons (Fsp3) is 0.286. The number of nitrogens with one attached hydrogen (secondary N) is 1. The number of carbonyl (C=O) groups is 1. The molecule has 3 aromatic carbocycles. The third-order valence-electron chi connectivity index (χ3n) is 8.67. The van der Waals surface area contributed by atoms with Crippen LogP contribution >= 0.6 is 0 Å². The van der Waals surface area contributed by atoms with Crippen LogP contribution in [0.15, 0.2) is 90.0 Å². The topological polar surface area (TPSA) is 128 Å². The lowest BCUT2D eigenvalue weighted by Crippen LogP contribution is -2.52. The zero-order chi connectivity index (χ0) is 35.7. The van der Waals surface area contributed by atoms with Gasteiger partial charge in [0.1, 0.15) is 5.75 Å². The number of amides is 1. The van der Waals surface area contributed by atoms with Crippen LogP contribution in [0.5, 0.6) is 11.6 Å². The third-order valence-corrected chi connectivity index (χ3v) is 10.4. The zero-order valence-electron chi connectivity index (χ0n) is 27.1. The smallest absolute Gasteiger partial charge is 0.478 e. The van der Waals surface area contributed by atoms with Crippen LogP contribution in [0.25, 0.3) is 0 Å². The number of anilines is 2. The number of ether oxygens (including phenoxy) is 2. The van der Waals surface area contributed by atoms with E-state index in [2.05, 4.69) is 38.0 Å². The van der Waals surface area contributed by atoms with Gasteiger partial charge >= 0.3 is 6.36 Å². The fourth-order valence-electron chi connectivity index (χ4n) is 6.20. The number of rotatable bonds is 10. The van der Waals surface area contributed by atoms with Crippen LogP contribution in [0, 0.1) is 11.3 Å². The van der Waals surface area contributed by atoms with Crippen LogP contribution in [0.3, 0.4) is 0 Å². The first kappa shape index (κ1) is 34.7. The molecule has 1 saturated heterocycles. The van der Waals surface area contributed by atoms with Crippen molar-refractivity contribution in [1.29, 1.82) is 5.26 Å². The van der Waals surface area contributed by atoms with Crippen molar-refractivity contribution in [3.63, 3.8) is 0 Å². The monoisotopic (exact) mass is 706 g/mol. The van der Waals surface area contributed by atoms with Crippen LogP contribution in [-0.4, -0.2) is 70.4 Å². The first-order valence-electron chi connectivity index (χ1n) is 15.7. The Balaban J connectivity index is 1.44. The van der Waals surface area contributed by atoms with Gasteiger partial charge in [-0.2, -0.15) is 5.26 Å². The Hall–Kier alpha value is -5.17. The molecule has 1 amide bonds. The molecule has 11 nitrogen and oxygen atoms in total. The molecule has 4 aromatic rings. The molecule has 1 aromatic heterocycles. The molecule has 0 radical (unpaired) electrons. The Labute approximate surface area is 287 Å². The molecule has 1 N–H and O–H groups in total. The van der Waals surface area contributed by atoms with E-state index >= 15 is 0 Å². The molecular weight excluding hydrogens is 673 g/mol. The zero-order valence-corrected chi connectivity index (χ0v) is 28.0. The maximum absolute atomic E-state index is 15.0. The van der Waals surface area contributed by atoms with Gasteiger partial charge in [0.15, 0.2) is 5.54 Å². The van der Waals surface area contributed by atoms with Crippen molar-refractivity contribution in [3.8, 4) is 17.7 Å². The van der Waals surface area contributed by atoms with Crippen molar-refractivity contribution in [3.05, 3.63) is 107 Å². The minimum Gasteiger partial charge on any atom is -0.478 e. The minimum atomic E-state index is -4.99. The first-order chi connectivity index (χ1) is 23.9. The molecule has 6 rings (SSSR count). The Kier molecular flexibility index (Phi) is 9.45. The molecule has 50 heavy (non-hydrogen) atoms. The van der Waals surface area contributed by atoms with Crippen molar-refractivity contribution >= 4 is 27.3 Å². The number of pyridine rings is 1. The number of hydrogen-bond donors (Lipinski definition) is 1. The number of piperazine rings is 1. The van der Waals surface area contributed by atoms with E-state index in [4.69, 9.17) is 4.74 Å². The quantitative estimate of drug-likeness (QED) is 0.246. The van der Waals surface area contributed by atoms with Crippen LogP contribution < -0.4 is 24.0 Å². The molecule has 15 heteroatoms. The van der Waals surface area contributed by atoms with Gasteiger partial charge in [-0.25, -0.2) is 17.7 Å². The molecule has 2 aliphatic heterocycles. The third kappa shape index (κ3) is 6.57. The molecule has 0 spiro atoms. The Bertz CT molecular complexity index is 2030. The number of halogens is 3. The number of fused-ring (bicyclic) bond motifs is 1. The SMILES string of the molecule is CCOc1ncccc1C1(NCc2ccc(N3CCN(C)CC3)cc2)C(=O)N(S(=O)(=O)c2ccc(OC(F)(F)F)cc2)c2ccc(C#N)cc21. The number of sulfonamides is 1. The Morgan fingerprint density at radius 1 is 0.980 bits per heavy atom. The maximum atomic E-state index is 15.0. The summed E-state index contributed by atoms with van der Waals surface area (Å²) in [4.78, 5) is 23.4. The second-order valence-electron chi connectivity index (χ2n) is 11.8. The number of hydrogen-bond acceptors (Lipinski definition) is 10. The van der Waals surface area contributed by atoms with Gasteiger partial charge in [0.2, 0.25) is 5.88 Å². The van der Waals surface area contributed by atoms with E-state index in [0.717, 1.165) is 61.7 Å². The van der Waals surface area contributed by atoms with Crippen molar-refractivity contribution in [2.24, 2.45) is 0 Å². The van der Waals surface area contributed by atoms with Gasteiger partial charge < -0.3 is 19.3 Å². The second-order valence-corrected chi connectivity index (χ2v) is 13.6. The summed E-state index contributed by atoms with van der Waals surface area (Å²) in [7, 11) is -2.65. The largest absolute Gasteiger partial charge is 0.573 e. The van der Waals surface area contributed by atoms with Gasteiger partial charge in [0.05, 0.1) is 28.8 Å². The second kappa shape index (κ2) is 13.6. The molecule has 0 bridgehead atoms. The lowest BCUT2D eigenvalue weighted by atomic mass is 9.83. The number of aromatic nitrogens is 1. The van der Waals surface area contributed by atoms with Gasteiger partial charge in [-0.15, -0.1) is 13.2 Å². The molecular formula is C35H33F3N6O5S. The Morgan fingerprint density at radius 2 is 1.68 bits per heavy atom. The summed E-state index contributed by atoms with van der Waals surface area (Å²) in [6.45, 7) is 5.65. The molecule has 0 saturated carbocycles. The van der Waals surface area contributed by atoms with Crippen molar-refractivity contribution in [1.82, 2.24) is 15.2 Å². The predicted octanol–water partition coefficient (Wildman–Crippen LogP) is 4.77. The minimum absolute atomic E-state index is 0.0474. The van der Waals surface area contributed by atoms with Crippen molar-refractivity contribution in [2.45, 2.75) is 30.3 Å². The fourth-order valence-corrected chi connectivity index (χ4v) is 7.66. The van der Waals surface area contributed by atoms with E-state index in [1.807, 2.05) is 24.3 Å². The van der Waals surface area contributed by atoms with Gasteiger partial charge in [-0.3, -0.25) is 10.1 Å². The molecule has 1 fully saturated rings. The number of carbonyl (C=O) groups excluding carboxylic acids is 1. The summed E-state index contributed by atoms with van der Waals surface area (Å²) in [6, 6.07) is 20.8. The van der Waals surface area contributed by atoms with Crippen LogP contribution in [0.2, 0.25) is 0 Å². The standard InChI is InChI=1S/C35H33F3N6O5S/c1-3-48-32-29(5-4-16-40-32)34(41-23-24-6-9-26(10-7-24)43-19-17-42(2)18-20-43)30-21-25(22-39)8-15-31(30)44(33(34)45)50(46,47)28-13-11-27(12-14-28)49-35(36,37)38/h4-16,21,41H,3,17-20,23H2,1-2H3. The molecule has 2 aliphatic rings. The average Bonchev–Trinajstić information content (AvgIpc) is 3.35. The van der Waals surface area contributed by atoms with Crippen molar-refractivity contribution in [2.75, 3.05) is 49.0 Å². The van der Waals surface area contributed by atoms with Gasteiger partial charge in [0.25, 0.3) is 15.9 Å². The summed E-state index contributed by atoms with van der Waals surface area (Å²) in [5.74, 6) is -1.50. The molecule has 1 atom stereocenters. The first-order valence-corrected chi connectivity index (χ1v) is 17.2. The lowest BCUT2D eigenvalue weighted by molar-refractivity contribution is -0.274. The molecule has 0 aliphatic carbocycles. The summed E-state index contributed by atoms with van der Waals surface area (Å²) in [6.07, 6.45) is -3.51. The van der Waals surface area contributed by atoms with Gasteiger partial charge in [-0.1, -0.05) is 12.1 Å². The van der Waals surface area contributed by atoms with Crippen LogP contribution in [0.1, 0.15) is 29.2 Å². The van der Waals surface area contributed by atoms with Crippen LogP contribution in [0.4, 0.5) is 24.5 Å². The maximum Gasteiger partial charge on any atom is 0.573 e. The van der Waals surface area contributed by atoms with Crippen molar-refractivity contribution < 1.29 is 35.9 Å². The van der Waals surface area contributed by atoms with Gasteiger partial charge in [0, 0.05) is 55.7 Å². The average molecular weight is 707 g/mol. The molecule has 260 valence electrons. The summed E-state index contributed by atoms with van der Waals surface area (Å²) >= 11 is 0.